The molecule has 0 aliphatic carbocycles. The SMILES string of the molecule is COC(=O)C(C)(O)c1c(F)cc2c(ccc3ccccc32)c1F. The Hall–Kier alpha value is -2.53. The molecular weight excluding hydrogens is 302 g/mol. The number of fused-ring (bicyclic) bond motifs is 3. The van der Waals surface area contributed by atoms with Gasteiger partial charge in [-0.05, 0) is 29.1 Å². The minimum Gasteiger partial charge on any atom is -0.467 e. The highest BCUT2D eigenvalue weighted by Gasteiger charge is 2.39. The minimum atomic E-state index is -2.41. The molecule has 1 unspecified atom stereocenters. The molecule has 0 heterocycles. The Balaban J connectivity index is 2.39. The molecule has 23 heavy (non-hydrogen) atoms. The Kier molecular flexibility index (Phi) is 3.53. The van der Waals surface area contributed by atoms with E-state index in [0.29, 0.717) is 10.8 Å². The van der Waals surface area contributed by atoms with Gasteiger partial charge in [0.25, 0.3) is 0 Å². The van der Waals surface area contributed by atoms with E-state index in [-0.39, 0.29) is 5.39 Å². The molecular formula is C18H14F2O3. The molecule has 3 rings (SSSR count). The van der Waals surface area contributed by atoms with Gasteiger partial charge in [-0.15, -0.1) is 0 Å². The lowest BCUT2D eigenvalue weighted by atomic mass is 9.90. The summed E-state index contributed by atoms with van der Waals surface area (Å²) in [7, 11) is 1.04. The monoisotopic (exact) mass is 316 g/mol. The summed E-state index contributed by atoms with van der Waals surface area (Å²) < 4.78 is 33.8. The number of aliphatic hydroxyl groups is 1. The van der Waals surface area contributed by atoms with Crippen LogP contribution in [0.2, 0.25) is 0 Å². The normalized spacial score (nSPS) is 14.0. The topological polar surface area (TPSA) is 46.5 Å². The first-order chi connectivity index (χ1) is 10.9. The number of benzene rings is 3. The lowest BCUT2D eigenvalue weighted by Gasteiger charge is -2.22. The number of carbonyl (C=O) groups excluding carboxylic acids is 1. The summed E-state index contributed by atoms with van der Waals surface area (Å²) in [4.78, 5) is 11.7. The highest BCUT2D eigenvalue weighted by Crippen LogP contribution is 2.35. The van der Waals surface area contributed by atoms with Crippen molar-refractivity contribution in [3.05, 3.63) is 59.7 Å². The predicted molar refractivity (Wildman–Crippen MR) is 83.0 cm³/mol. The molecule has 3 aromatic rings. The van der Waals surface area contributed by atoms with Crippen molar-refractivity contribution in [1.82, 2.24) is 0 Å². The second-order valence-electron chi connectivity index (χ2n) is 5.49. The molecule has 0 aliphatic heterocycles. The fourth-order valence-electron chi connectivity index (χ4n) is 2.83. The standard InChI is InChI=1S/C18H14F2O3/c1-18(22,17(21)23-2)15-14(19)9-13-11-6-4-3-5-10(11)7-8-12(13)16(15)20/h3-9,22H,1-2H3. The van der Waals surface area contributed by atoms with E-state index in [0.717, 1.165) is 25.5 Å². The van der Waals surface area contributed by atoms with E-state index in [4.69, 9.17) is 0 Å². The van der Waals surface area contributed by atoms with Gasteiger partial charge in [-0.25, -0.2) is 13.6 Å². The third-order valence-electron chi connectivity index (χ3n) is 4.01. The van der Waals surface area contributed by atoms with Crippen LogP contribution in [0.4, 0.5) is 8.78 Å². The Labute approximate surface area is 131 Å². The molecule has 1 N–H and O–H groups in total. The van der Waals surface area contributed by atoms with Crippen molar-refractivity contribution in [1.29, 1.82) is 0 Å². The minimum absolute atomic E-state index is 0.129. The highest BCUT2D eigenvalue weighted by atomic mass is 19.1. The molecule has 0 amide bonds. The van der Waals surface area contributed by atoms with Crippen molar-refractivity contribution in [3.8, 4) is 0 Å². The van der Waals surface area contributed by atoms with Crippen LogP contribution in [-0.4, -0.2) is 18.2 Å². The lowest BCUT2D eigenvalue weighted by molar-refractivity contribution is -0.162. The molecule has 0 radical (unpaired) electrons. The van der Waals surface area contributed by atoms with Crippen LogP contribution in [-0.2, 0) is 15.1 Å². The van der Waals surface area contributed by atoms with Crippen LogP contribution in [0.5, 0.6) is 0 Å². The van der Waals surface area contributed by atoms with E-state index >= 15 is 0 Å². The Morgan fingerprint density at radius 2 is 1.78 bits per heavy atom. The lowest BCUT2D eigenvalue weighted by Crippen LogP contribution is -2.35. The Morgan fingerprint density at radius 1 is 1.09 bits per heavy atom. The smallest absolute Gasteiger partial charge is 0.342 e. The predicted octanol–water partition coefficient (Wildman–Crippen LogP) is 3.65. The first kappa shape index (κ1) is 15.4. The molecule has 118 valence electrons. The van der Waals surface area contributed by atoms with Gasteiger partial charge in [-0.3, -0.25) is 0 Å². The van der Waals surface area contributed by atoms with E-state index in [9.17, 15) is 18.7 Å². The largest absolute Gasteiger partial charge is 0.467 e. The van der Waals surface area contributed by atoms with Gasteiger partial charge in [-0.2, -0.15) is 0 Å². The third kappa shape index (κ3) is 2.24. The van der Waals surface area contributed by atoms with Gasteiger partial charge in [0.1, 0.15) is 11.6 Å². The van der Waals surface area contributed by atoms with Crippen molar-refractivity contribution >= 4 is 27.5 Å². The zero-order chi connectivity index (χ0) is 16.8. The van der Waals surface area contributed by atoms with Crippen molar-refractivity contribution in [2.24, 2.45) is 0 Å². The number of methoxy groups -OCH3 is 1. The quantitative estimate of drug-likeness (QED) is 0.580. The maximum Gasteiger partial charge on any atom is 0.342 e. The first-order valence-corrected chi connectivity index (χ1v) is 6.98. The average Bonchev–Trinajstić information content (AvgIpc) is 2.53. The van der Waals surface area contributed by atoms with Gasteiger partial charge >= 0.3 is 5.97 Å². The summed E-state index contributed by atoms with van der Waals surface area (Å²) in [5.74, 6) is -3.10. The number of hydrogen-bond donors (Lipinski definition) is 1. The van der Waals surface area contributed by atoms with Crippen LogP contribution in [0.1, 0.15) is 12.5 Å². The molecule has 0 bridgehead atoms. The van der Waals surface area contributed by atoms with Crippen molar-refractivity contribution in [2.45, 2.75) is 12.5 Å². The van der Waals surface area contributed by atoms with Crippen molar-refractivity contribution < 1.29 is 23.4 Å². The van der Waals surface area contributed by atoms with E-state index in [1.54, 1.807) is 18.2 Å². The Morgan fingerprint density at radius 3 is 2.48 bits per heavy atom. The number of halogens is 2. The average molecular weight is 316 g/mol. The summed E-state index contributed by atoms with van der Waals surface area (Å²) in [6.45, 7) is 1.01. The van der Waals surface area contributed by atoms with Gasteiger partial charge in [-0.1, -0.05) is 36.4 Å². The van der Waals surface area contributed by atoms with Crippen molar-refractivity contribution in [3.63, 3.8) is 0 Å². The molecule has 1 atom stereocenters. The van der Waals surface area contributed by atoms with Gasteiger partial charge < -0.3 is 9.84 Å². The van der Waals surface area contributed by atoms with E-state index in [2.05, 4.69) is 4.74 Å². The number of carbonyl (C=O) groups is 1. The van der Waals surface area contributed by atoms with Gasteiger partial charge in [0.2, 0.25) is 0 Å². The van der Waals surface area contributed by atoms with Crippen LogP contribution in [0.3, 0.4) is 0 Å². The second kappa shape index (κ2) is 5.28. The summed E-state index contributed by atoms with van der Waals surface area (Å²) in [6.07, 6.45) is 0. The molecule has 0 saturated heterocycles. The van der Waals surface area contributed by atoms with Crippen LogP contribution in [0.15, 0.2) is 42.5 Å². The molecule has 5 heteroatoms. The van der Waals surface area contributed by atoms with E-state index < -0.39 is 28.8 Å². The zero-order valence-electron chi connectivity index (χ0n) is 12.6. The molecule has 0 aromatic heterocycles. The van der Waals surface area contributed by atoms with Crippen molar-refractivity contribution in [2.75, 3.05) is 7.11 Å². The van der Waals surface area contributed by atoms with Gasteiger partial charge in [0.15, 0.2) is 5.60 Å². The Bertz CT molecular complexity index is 932. The third-order valence-corrected chi connectivity index (χ3v) is 4.01. The maximum atomic E-state index is 14.8. The summed E-state index contributed by atoms with van der Waals surface area (Å²) >= 11 is 0. The van der Waals surface area contributed by atoms with Gasteiger partial charge in [0.05, 0.1) is 12.7 Å². The molecule has 0 spiro atoms. The highest BCUT2D eigenvalue weighted by molar-refractivity contribution is 6.08. The van der Waals surface area contributed by atoms with Gasteiger partial charge in [0, 0.05) is 5.39 Å². The number of rotatable bonds is 2. The number of esters is 1. The summed E-state index contributed by atoms with van der Waals surface area (Å²) in [5.41, 5.74) is -3.13. The number of ether oxygens (including phenoxy) is 1. The summed E-state index contributed by atoms with van der Waals surface area (Å²) in [6, 6.07) is 11.5. The molecule has 0 fully saturated rings. The fourth-order valence-corrected chi connectivity index (χ4v) is 2.83. The fraction of sp³-hybridized carbons (Fsp3) is 0.167. The van der Waals surface area contributed by atoms with Crippen LogP contribution >= 0.6 is 0 Å². The van der Waals surface area contributed by atoms with Crippen LogP contribution < -0.4 is 0 Å². The van der Waals surface area contributed by atoms with E-state index in [1.807, 2.05) is 12.1 Å². The van der Waals surface area contributed by atoms with Crippen LogP contribution in [0.25, 0.3) is 21.5 Å². The molecule has 3 aromatic carbocycles. The zero-order valence-corrected chi connectivity index (χ0v) is 12.6. The molecule has 3 nitrogen and oxygen atoms in total. The molecule has 0 aliphatic rings. The maximum absolute atomic E-state index is 14.8. The van der Waals surface area contributed by atoms with E-state index in [1.165, 1.54) is 6.07 Å². The number of hydrogen-bond acceptors (Lipinski definition) is 3. The molecule has 0 saturated carbocycles. The second-order valence-corrected chi connectivity index (χ2v) is 5.49. The first-order valence-electron chi connectivity index (χ1n) is 6.98. The van der Waals surface area contributed by atoms with Crippen LogP contribution in [0, 0.1) is 11.6 Å². The summed E-state index contributed by atoms with van der Waals surface area (Å²) in [5, 5.41) is 12.3.